The second kappa shape index (κ2) is 11.5. The summed E-state index contributed by atoms with van der Waals surface area (Å²) < 4.78 is 74.3. The molecule has 228 valence electrons. The van der Waals surface area contributed by atoms with E-state index in [1.807, 2.05) is 6.07 Å². The summed E-state index contributed by atoms with van der Waals surface area (Å²) >= 11 is 0. The topological polar surface area (TPSA) is 101 Å². The molecule has 0 atom stereocenters. The molecule has 0 spiro atoms. The van der Waals surface area contributed by atoms with E-state index in [-0.39, 0.29) is 22.7 Å². The minimum absolute atomic E-state index is 0.0346. The molecule has 7 nitrogen and oxygen atoms in total. The second-order valence-corrected chi connectivity index (χ2v) is 12.9. The number of rotatable bonds is 9. The summed E-state index contributed by atoms with van der Waals surface area (Å²) in [6.45, 7) is 4.27. The minimum atomic E-state index is -4.72. The summed E-state index contributed by atoms with van der Waals surface area (Å²) in [4.78, 5) is 16.0. The van der Waals surface area contributed by atoms with E-state index in [1.165, 1.54) is 6.20 Å². The monoisotopic (exact) mass is 622 g/mol. The van der Waals surface area contributed by atoms with Gasteiger partial charge in [0.2, 0.25) is 15.8 Å². The number of furan rings is 1. The first kappa shape index (κ1) is 31.0. The molecular formula is C33H29F3N2O5S. The second-order valence-electron chi connectivity index (χ2n) is 11.0. The van der Waals surface area contributed by atoms with Gasteiger partial charge in [-0.15, -0.1) is 0 Å². The van der Waals surface area contributed by atoms with Gasteiger partial charge in [-0.2, -0.15) is 17.5 Å². The summed E-state index contributed by atoms with van der Waals surface area (Å²) in [6.07, 6.45) is -3.23. The number of pyridine rings is 1. The van der Waals surface area contributed by atoms with Crippen LogP contribution in [0.1, 0.15) is 42.1 Å². The number of hydrogen-bond acceptors (Lipinski definition) is 5. The molecule has 5 rings (SSSR count). The Kier molecular flexibility index (Phi) is 8.13. The Labute approximate surface area is 252 Å². The van der Waals surface area contributed by atoms with Crippen molar-refractivity contribution in [2.24, 2.45) is 0 Å². The van der Waals surface area contributed by atoms with Crippen LogP contribution in [-0.4, -0.2) is 28.8 Å². The predicted octanol–water partition coefficient (Wildman–Crippen LogP) is 7.58. The van der Waals surface area contributed by atoms with Gasteiger partial charge in [0.1, 0.15) is 10.7 Å². The maximum atomic E-state index is 14.2. The number of aryl methyl sites for hydroxylation is 1. The van der Waals surface area contributed by atoms with E-state index in [4.69, 9.17) is 4.42 Å². The van der Waals surface area contributed by atoms with Crippen LogP contribution < -0.4 is 0 Å². The number of aliphatic carboxylic acids is 1. The SMILES string of the molecule is Cc1ccc2cccnc2c1S(=O)(=O)N(Cc1ccc(-c2cccc(C(C)(C)C(=O)O)c2)cc1)Cc1ccc(C(F)(F)F)o1. The molecule has 0 aliphatic heterocycles. The molecule has 0 aliphatic carbocycles. The van der Waals surface area contributed by atoms with Crippen LogP contribution in [0.15, 0.2) is 100 Å². The lowest BCUT2D eigenvalue weighted by molar-refractivity contribution is -0.153. The lowest BCUT2D eigenvalue weighted by Gasteiger charge is -2.23. The molecule has 0 radical (unpaired) electrons. The van der Waals surface area contributed by atoms with Crippen molar-refractivity contribution in [2.75, 3.05) is 0 Å². The lowest BCUT2D eigenvalue weighted by atomic mass is 9.83. The highest BCUT2D eigenvalue weighted by Crippen LogP contribution is 2.34. The quantitative estimate of drug-likeness (QED) is 0.182. The number of aromatic nitrogens is 1. The highest BCUT2D eigenvalue weighted by molar-refractivity contribution is 7.89. The van der Waals surface area contributed by atoms with Crippen molar-refractivity contribution in [3.8, 4) is 11.1 Å². The van der Waals surface area contributed by atoms with Crippen LogP contribution in [0.5, 0.6) is 0 Å². The molecule has 11 heteroatoms. The fourth-order valence-corrected chi connectivity index (χ4v) is 6.67. The Morgan fingerprint density at radius 1 is 0.909 bits per heavy atom. The molecule has 0 amide bonds. The predicted molar refractivity (Wildman–Crippen MR) is 159 cm³/mol. The van der Waals surface area contributed by atoms with Gasteiger partial charge in [-0.3, -0.25) is 9.78 Å². The van der Waals surface area contributed by atoms with Crippen LogP contribution in [0.2, 0.25) is 0 Å². The average Bonchev–Trinajstić information content (AvgIpc) is 3.46. The molecule has 0 fully saturated rings. The van der Waals surface area contributed by atoms with Gasteiger partial charge >= 0.3 is 12.1 Å². The zero-order chi connectivity index (χ0) is 31.9. The van der Waals surface area contributed by atoms with Crippen LogP contribution in [0, 0.1) is 6.92 Å². The Morgan fingerprint density at radius 3 is 2.30 bits per heavy atom. The number of carboxylic acids is 1. The van der Waals surface area contributed by atoms with Crippen molar-refractivity contribution in [1.29, 1.82) is 0 Å². The van der Waals surface area contributed by atoms with Crippen LogP contribution in [0.25, 0.3) is 22.0 Å². The normalized spacial score (nSPS) is 12.6. The van der Waals surface area contributed by atoms with E-state index in [2.05, 4.69) is 4.98 Å². The first-order chi connectivity index (χ1) is 20.7. The Bertz CT molecular complexity index is 1950. The third-order valence-corrected chi connectivity index (χ3v) is 9.53. The van der Waals surface area contributed by atoms with Gasteiger partial charge in [-0.1, -0.05) is 66.7 Å². The van der Waals surface area contributed by atoms with Crippen molar-refractivity contribution in [3.05, 3.63) is 119 Å². The maximum Gasteiger partial charge on any atom is 0.449 e. The Balaban J connectivity index is 1.52. The highest BCUT2D eigenvalue weighted by atomic mass is 32.2. The van der Waals surface area contributed by atoms with Crippen LogP contribution in [0.4, 0.5) is 13.2 Å². The fraction of sp³-hybridized carbons (Fsp3) is 0.212. The number of nitrogens with zero attached hydrogens (tertiary/aromatic N) is 2. The zero-order valence-corrected chi connectivity index (χ0v) is 24.9. The summed E-state index contributed by atoms with van der Waals surface area (Å²) in [6, 6.07) is 22.9. The van der Waals surface area contributed by atoms with Gasteiger partial charge in [0, 0.05) is 18.1 Å². The number of fused-ring (bicyclic) bond motifs is 1. The van der Waals surface area contributed by atoms with E-state index in [0.717, 1.165) is 27.6 Å². The number of carbonyl (C=O) groups is 1. The highest BCUT2D eigenvalue weighted by Gasteiger charge is 2.36. The largest absolute Gasteiger partial charge is 0.481 e. The standard InChI is InChI=1S/C33H29F3N2O5S/c1-21-9-12-24-7-5-17-37-29(24)30(21)44(41,42)38(20-27-15-16-28(43-27)33(34,35)36)19-22-10-13-23(14-11-22)25-6-4-8-26(18-25)32(2,3)31(39)40/h4-18H,19-20H2,1-3H3,(H,39,40). The molecule has 44 heavy (non-hydrogen) atoms. The van der Waals surface area contributed by atoms with E-state index in [1.54, 1.807) is 87.5 Å². The Hall–Kier alpha value is -4.48. The smallest absolute Gasteiger partial charge is 0.449 e. The van der Waals surface area contributed by atoms with Crippen molar-refractivity contribution >= 4 is 26.9 Å². The third-order valence-electron chi connectivity index (χ3n) is 7.56. The van der Waals surface area contributed by atoms with Crippen molar-refractivity contribution in [1.82, 2.24) is 9.29 Å². The van der Waals surface area contributed by atoms with E-state index < -0.39 is 39.9 Å². The lowest BCUT2D eigenvalue weighted by Crippen LogP contribution is -2.31. The number of carboxylic acid groups (broad SMARTS) is 1. The van der Waals surface area contributed by atoms with Crippen LogP contribution in [0.3, 0.4) is 0 Å². The van der Waals surface area contributed by atoms with E-state index in [0.29, 0.717) is 22.1 Å². The number of alkyl halides is 3. The van der Waals surface area contributed by atoms with E-state index >= 15 is 0 Å². The van der Waals surface area contributed by atoms with Gasteiger partial charge in [-0.25, -0.2) is 8.42 Å². The van der Waals surface area contributed by atoms with Crippen molar-refractivity contribution in [2.45, 2.75) is 50.3 Å². The summed E-state index contributed by atoms with van der Waals surface area (Å²) in [7, 11) is -4.30. The molecule has 0 saturated carbocycles. The molecule has 0 bridgehead atoms. The molecule has 5 aromatic rings. The molecule has 0 unspecified atom stereocenters. The summed E-state index contributed by atoms with van der Waals surface area (Å²) in [5, 5.41) is 10.2. The summed E-state index contributed by atoms with van der Waals surface area (Å²) in [5.74, 6) is -2.34. The molecule has 3 aromatic carbocycles. The van der Waals surface area contributed by atoms with Gasteiger partial charge in [-0.05, 0) is 66.8 Å². The number of sulfonamides is 1. The molecular weight excluding hydrogens is 593 g/mol. The molecule has 2 heterocycles. The van der Waals surface area contributed by atoms with Gasteiger partial charge in [0.25, 0.3) is 0 Å². The minimum Gasteiger partial charge on any atom is -0.481 e. The number of hydrogen-bond donors (Lipinski definition) is 1. The molecule has 0 aliphatic rings. The fourth-order valence-electron chi connectivity index (χ4n) is 4.91. The molecule has 0 saturated heterocycles. The maximum absolute atomic E-state index is 14.2. The van der Waals surface area contributed by atoms with Crippen molar-refractivity contribution in [3.63, 3.8) is 0 Å². The van der Waals surface area contributed by atoms with Crippen LogP contribution in [-0.2, 0) is 39.5 Å². The first-order valence-corrected chi connectivity index (χ1v) is 15.1. The van der Waals surface area contributed by atoms with Gasteiger partial charge in [0.15, 0.2) is 0 Å². The van der Waals surface area contributed by atoms with Crippen molar-refractivity contribution < 1.29 is 35.9 Å². The third kappa shape index (κ3) is 6.11. The van der Waals surface area contributed by atoms with E-state index in [9.17, 15) is 31.5 Å². The van der Waals surface area contributed by atoms with Crippen LogP contribution >= 0.6 is 0 Å². The Morgan fingerprint density at radius 2 is 1.64 bits per heavy atom. The molecule has 1 N–H and O–H groups in total. The first-order valence-electron chi connectivity index (χ1n) is 13.6. The summed E-state index contributed by atoms with van der Waals surface area (Å²) in [5.41, 5.74) is 2.36. The number of halogens is 3. The molecule has 2 aromatic heterocycles. The zero-order valence-electron chi connectivity index (χ0n) is 24.1. The van der Waals surface area contributed by atoms with Gasteiger partial charge < -0.3 is 9.52 Å². The van der Waals surface area contributed by atoms with Gasteiger partial charge in [0.05, 0.1) is 17.5 Å². The number of benzene rings is 3. The average molecular weight is 623 g/mol.